The van der Waals surface area contributed by atoms with Crippen molar-refractivity contribution in [2.24, 2.45) is 5.41 Å². The minimum absolute atomic E-state index is 0.0160. The molecular formula is C26H29FN2O. The van der Waals surface area contributed by atoms with E-state index in [0.29, 0.717) is 0 Å². The van der Waals surface area contributed by atoms with Gasteiger partial charge in [-0.1, -0.05) is 49.8 Å². The number of hydrogen-bond acceptors (Lipinski definition) is 2. The average molecular weight is 405 g/mol. The summed E-state index contributed by atoms with van der Waals surface area (Å²) >= 11 is 0. The van der Waals surface area contributed by atoms with Crippen molar-refractivity contribution in [3.8, 4) is 5.69 Å². The molecule has 0 amide bonds. The molecule has 1 aliphatic carbocycles. The molecule has 30 heavy (non-hydrogen) atoms. The molecule has 0 N–H and O–H groups in total. The quantitative estimate of drug-likeness (QED) is 0.447. The molecule has 2 atom stereocenters. The third-order valence-corrected chi connectivity index (χ3v) is 6.17. The number of halogens is 1. The number of nitrogens with zero attached hydrogens (tertiary/aromatic N) is 2. The molecule has 0 saturated carbocycles. The summed E-state index contributed by atoms with van der Waals surface area (Å²) in [5, 5.41) is 4.60. The lowest BCUT2D eigenvalue weighted by molar-refractivity contribution is 0.0246. The van der Waals surface area contributed by atoms with Crippen LogP contribution in [0.1, 0.15) is 56.5 Å². The topological polar surface area (TPSA) is 27.1 Å². The number of rotatable bonds is 7. The van der Waals surface area contributed by atoms with Crippen LogP contribution in [0.4, 0.5) is 4.39 Å². The molecule has 1 aromatic heterocycles. The Kier molecular flexibility index (Phi) is 5.87. The lowest BCUT2D eigenvalue weighted by Crippen LogP contribution is -2.28. The van der Waals surface area contributed by atoms with Crippen molar-refractivity contribution in [1.29, 1.82) is 0 Å². The van der Waals surface area contributed by atoms with E-state index in [9.17, 15) is 4.39 Å². The Morgan fingerprint density at radius 2 is 1.87 bits per heavy atom. The SMILES string of the molecule is CCCOC(C[C@@]1(C)Cc2cnn(-c3ccc(F)cc3)c2C=C1C)c1ccccc1. The second-order valence-electron chi connectivity index (χ2n) is 8.48. The third-order valence-electron chi connectivity index (χ3n) is 6.17. The summed E-state index contributed by atoms with van der Waals surface area (Å²) in [5.41, 5.74) is 5.71. The Hall–Kier alpha value is -2.72. The maximum atomic E-state index is 13.3. The zero-order valence-electron chi connectivity index (χ0n) is 17.9. The highest BCUT2D eigenvalue weighted by molar-refractivity contribution is 5.60. The molecule has 0 bridgehead atoms. The minimum atomic E-state index is -0.238. The van der Waals surface area contributed by atoms with Crippen molar-refractivity contribution >= 4 is 6.08 Å². The van der Waals surface area contributed by atoms with Gasteiger partial charge < -0.3 is 4.74 Å². The average Bonchev–Trinajstić information content (AvgIpc) is 3.14. The third kappa shape index (κ3) is 4.10. The molecule has 1 aliphatic rings. The lowest BCUT2D eigenvalue weighted by atomic mass is 9.70. The van der Waals surface area contributed by atoms with Crippen molar-refractivity contribution in [1.82, 2.24) is 9.78 Å². The van der Waals surface area contributed by atoms with E-state index in [1.54, 1.807) is 12.1 Å². The molecule has 4 rings (SSSR count). The molecule has 1 heterocycles. The first-order valence-corrected chi connectivity index (χ1v) is 10.7. The van der Waals surface area contributed by atoms with Crippen molar-refractivity contribution < 1.29 is 9.13 Å². The highest BCUT2D eigenvalue weighted by Crippen LogP contribution is 2.45. The van der Waals surface area contributed by atoms with Crippen LogP contribution in [0.25, 0.3) is 11.8 Å². The Labute approximate surface area is 178 Å². The first kappa shape index (κ1) is 20.5. The van der Waals surface area contributed by atoms with Crippen LogP contribution in [-0.4, -0.2) is 16.4 Å². The van der Waals surface area contributed by atoms with E-state index in [-0.39, 0.29) is 17.3 Å². The Bertz CT molecular complexity index is 1020. The van der Waals surface area contributed by atoms with Crippen LogP contribution in [0, 0.1) is 11.2 Å². The molecule has 0 fully saturated rings. The van der Waals surface area contributed by atoms with Crippen LogP contribution in [0.5, 0.6) is 0 Å². The summed E-state index contributed by atoms with van der Waals surface area (Å²) in [7, 11) is 0. The van der Waals surface area contributed by atoms with Gasteiger partial charge in [0.1, 0.15) is 5.82 Å². The van der Waals surface area contributed by atoms with E-state index in [0.717, 1.165) is 37.3 Å². The number of aromatic nitrogens is 2. The van der Waals surface area contributed by atoms with Crippen molar-refractivity contribution in [2.45, 2.75) is 46.1 Å². The first-order valence-electron chi connectivity index (χ1n) is 10.7. The predicted molar refractivity (Wildman–Crippen MR) is 119 cm³/mol. The summed E-state index contributed by atoms with van der Waals surface area (Å²) in [6.07, 6.45) is 7.07. The lowest BCUT2D eigenvalue weighted by Gasteiger charge is -2.37. The Morgan fingerprint density at radius 1 is 1.13 bits per heavy atom. The van der Waals surface area contributed by atoms with Gasteiger partial charge in [0, 0.05) is 6.61 Å². The zero-order valence-corrected chi connectivity index (χ0v) is 17.9. The van der Waals surface area contributed by atoms with E-state index in [1.807, 2.05) is 16.9 Å². The van der Waals surface area contributed by atoms with E-state index < -0.39 is 0 Å². The maximum Gasteiger partial charge on any atom is 0.123 e. The predicted octanol–water partition coefficient (Wildman–Crippen LogP) is 6.54. The fraction of sp³-hybridized carbons (Fsp3) is 0.346. The van der Waals surface area contributed by atoms with Gasteiger partial charge in [-0.15, -0.1) is 0 Å². The fourth-order valence-electron chi connectivity index (χ4n) is 4.25. The van der Waals surface area contributed by atoms with Gasteiger partial charge in [0.2, 0.25) is 0 Å². The Morgan fingerprint density at radius 3 is 2.57 bits per heavy atom. The van der Waals surface area contributed by atoms with Gasteiger partial charge in [-0.05, 0) is 73.1 Å². The van der Waals surface area contributed by atoms with Crippen molar-refractivity contribution in [2.75, 3.05) is 6.61 Å². The molecule has 4 heteroatoms. The minimum Gasteiger partial charge on any atom is -0.374 e. The van der Waals surface area contributed by atoms with E-state index >= 15 is 0 Å². The monoisotopic (exact) mass is 404 g/mol. The van der Waals surface area contributed by atoms with Crippen LogP contribution in [0.2, 0.25) is 0 Å². The van der Waals surface area contributed by atoms with Gasteiger partial charge in [0.25, 0.3) is 0 Å². The van der Waals surface area contributed by atoms with Crippen LogP contribution in [0.15, 0.2) is 66.4 Å². The fourth-order valence-corrected chi connectivity index (χ4v) is 4.25. The summed E-state index contributed by atoms with van der Waals surface area (Å²) in [6.45, 7) is 7.42. The smallest absolute Gasteiger partial charge is 0.123 e. The summed E-state index contributed by atoms with van der Waals surface area (Å²) in [5.74, 6) is -0.238. The second-order valence-corrected chi connectivity index (χ2v) is 8.48. The van der Waals surface area contributed by atoms with Crippen LogP contribution < -0.4 is 0 Å². The van der Waals surface area contributed by atoms with Gasteiger partial charge in [-0.25, -0.2) is 9.07 Å². The molecule has 0 radical (unpaired) electrons. The van der Waals surface area contributed by atoms with Gasteiger partial charge in [-0.3, -0.25) is 0 Å². The van der Waals surface area contributed by atoms with Crippen molar-refractivity contribution in [3.63, 3.8) is 0 Å². The number of benzene rings is 2. The highest BCUT2D eigenvalue weighted by Gasteiger charge is 2.35. The Balaban J connectivity index is 1.62. The van der Waals surface area contributed by atoms with Crippen LogP contribution >= 0.6 is 0 Å². The van der Waals surface area contributed by atoms with Crippen molar-refractivity contribution in [3.05, 3.63) is 89.0 Å². The second kappa shape index (κ2) is 8.57. The van der Waals surface area contributed by atoms with E-state index in [2.05, 4.69) is 56.2 Å². The molecule has 3 nitrogen and oxygen atoms in total. The van der Waals surface area contributed by atoms with Gasteiger partial charge in [-0.2, -0.15) is 5.10 Å². The number of ether oxygens (including phenoxy) is 1. The summed E-state index contributed by atoms with van der Waals surface area (Å²) in [6, 6.07) is 17.0. The summed E-state index contributed by atoms with van der Waals surface area (Å²) < 4.78 is 21.5. The number of allylic oxidation sites excluding steroid dienone is 1. The van der Waals surface area contributed by atoms with Gasteiger partial charge >= 0.3 is 0 Å². The molecule has 0 aliphatic heterocycles. The van der Waals surface area contributed by atoms with Crippen LogP contribution in [0.3, 0.4) is 0 Å². The standard InChI is InChI=1S/C26H29FN2O/c1-4-14-30-25(20-8-6-5-7-9-20)17-26(3)16-21-18-28-29(24(21)15-19(26)2)23-12-10-22(27)11-13-23/h5-13,15,18,25H,4,14,16-17H2,1-3H3/t25?,26-/m1/s1. The molecule has 2 aromatic carbocycles. The van der Waals surface area contributed by atoms with E-state index in [1.165, 1.54) is 28.8 Å². The largest absolute Gasteiger partial charge is 0.374 e. The molecular weight excluding hydrogens is 375 g/mol. The van der Waals surface area contributed by atoms with Crippen LogP contribution in [-0.2, 0) is 11.2 Å². The van der Waals surface area contributed by atoms with E-state index in [4.69, 9.17) is 4.74 Å². The number of hydrogen-bond donors (Lipinski definition) is 0. The maximum absolute atomic E-state index is 13.3. The zero-order chi connectivity index (χ0) is 21.1. The van der Waals surface area contributed by atoms with Gasteiger partial charge in [0.15, 0.2) is 0 Å². The molecule has 0 saturated heterocycles. The number of fused-ring (bicyclic) bond motifs is 1. The molecule has 156 valence electrons. The van der Waals surface area contributed by atoms with Gasteiger partial charge in [0.05, 0.1) is 23.7 Å². The molecule has 1 unspecified atom stereocenters. The first-order chi connectivity index (χ1) is 14.5. The molecule has 0 spiro atoms. The highest BCUT2D eigenvalue weighted by atomic mass is 19.1. The molecule has 3 aromatic rings. The summed E-state index contributed by atoms with van der Waals surface area (Å²) in [4.78, 5) is 0. The normalized spacial score (nSPS) is 19.3.